The van der Waals surface area contributed by atoms with Crippen LogP contribution in [-0.2, 0) is 10.0 Å². The van der Waals surface area contributed by atoms with Gasteiger partial charge in [-0.1, -0.05) is 26.1 Å². The molecule has 5 nitrogen and oxygen atoms in total. The van der Waals surface area contributed by atoms with E-state index in [2.05, 4.69) is 9.71 Å². The molecule has 3 N–H and O–H groups in total. The standard InChI is InChI=1S/C12H19N3O2S2/c1-4-12(3,5-2)15-19(16,17)9-7-6-8-14-10(9)11(13)18/h6-8,15H,4-5H2,1-3H3,(H2,13,18). The Morgan fingerprint density at radius 3 is 2.53 bits per heavy atom. The molecule has 0 spiro atoms. The number of rotatable bonds is 6. The molecule has 0 bridgehead atoms. The molecule has 0 atom stereocenters. The van der Waals surface area contributed by atoms with E-state index in [0.29, 0.717) is 12.8 Å². The van der Waals surface area contributed by atoms with Gasteiger partial charge in [-0.3, -0.25) is 4.98 Å². The van der Waals surface area contributed by atoms with Crippen molar-refractivity contribution < 1.29 is 8.42 Å². The molecular weight excluding hydrogens is 282 g/mol. The molecule has 0 radical (unpaired) electrons. The number of sulfonamides is 1. The van der Waals surface area contributed by atoms with Gasteiger partial charge < -0.3 is 5.73 Å². The third kappa shape index (κ3) is 3.71. The third-order valence-electron chi connectivity index (χ3n) is 3.24. The van der Waals surface area contributed by atoms with Crippen molar-refractivity contribution in [1.82, 2.24) is 9.71 Å². The van der Waals surface area contributed by atoms with E-state index in [-0.39, 0.29) is 15.6 Å². The summed E-state index contributed by atoms with van der Waals surface area (Å²) in [5, 5.41) is 0. The number of aromatic nitrogens is 1. The minimum Gasteiger partial charge on any atom is -0.388 e. The lowest BCUT2D eigenvalue weighted by atomic mass is 9.98. The van der Waals surface area contributed by atoms with Crippen molar-refractivity contribution in [2.45, 2.75) is 44.0 Å². The maximum atomic E-state index is 12.4. The molecule has 0 unspecified atom stereocenters. The Bertz CT molecular complexity index is 566. The zero-order valence-corrected chi connectivity index (χ0v) is 12.9. The maximum Gasteiger partial charge on any atom is 0.243 e. The molecule has 1 heterocycles. The number of thiocarbonyl (C=S) groups is 1. The summed E-state index contributed by atoms with van der Waals surface area (Å²) in [6.45, 7) is 5.73. The van der Waals surface area contributed by atoms with Gasteiger partial charge in [0.05, 0.1) is 0 Å². The van der Waals surface area contributed by atoms with Crippen molar-refractivity contribution in [3.05, 3.63) is 24.0 Å². The fraction of sp³-hybridized carbons (Fsp3) is 0.500. The van der Waals surface area contributed by atoms with Crippen LogP contribution >= 0.6 is 12.2 Å². The Morgan fingerprint density at radius 2 is 2.05 bits per heavy atom. The molecule has 0 amide bonds. The number of nitrogens with two attached hydrogens (primary N) is 1. The van der Waals surface area contributed by atoms with Crippen molar-refractivity contribution in [2.75, 3.05) is 0 Å². The first kappa shape index (κ1) is 16.0. The summed E-state index contributed by atoms with van der Waals surface area (Å²) in [6.07, 6.45) is 2.84. The highest BCUT2D eigenvalue weighted by Crippen LogP contribution is 2.20. The van der Waals surface area contributed by atoms with E-state index in [1.54, 1.807) is 6.07 Å². The Hall–Kier alpha value is -1.05. The normalized spacial score (nSPS) is 12.4. The van der Waals surface area contributed by atoms with Gasteiger partial charge in [0.15, 0.2) is 0 Å². The minimum atomic E-state index is -3.70. The van der Waals surface area contributed by atoms with Crippen LogP contribution in [0.25, 0.3) is 0 Å². The Morgan fingerprint density at radius 1 is 1.47 bits per heavy atom. The second-order valence-electron chi connectivity index (χ2n) is 4.59. The molecule has 0 aliphatic heterocycles. The summed E-state index contributed by atoms with van der Waals surface area (Å²) in [5.41, 5.74) is 5.14. The van der Waals surface area contributed by atoms with E-state index in [0.717, 1.165) is 0 Å². The topological polar surface area (TPSA) is 85.1 Å². The molecule has 0 aliphatic carbocycles. The Kier molecular flexibility index (Phi) is 5.00. The largest absolute Gasteiger partial charge is 0.388 e. The fourth-order valence-electron chi connectivity index (χ4n) is 1.57. The highest BCUT2D eigenvalue weighted by Gasteiger charge is 2.29. The molecule has 0 fully saturated rings. The molecule has 0 saturated carbocycles. The summed E-state index contributed by atoms with van der Waals surface area (Å²) in [7, 11) is -3.70. The highest BCUT2D eigenvalue weighted by molar-refractivity contribution is 7.89. The number of pyridine rings is 1. The van der Waals surface area contributed by atoms with E-state index in [1.165, 1.54) is 12.3 Å². The van der Waals surface area contributed by atoms with Gasteiger partial charge in [0.2, 0.25) is 10.0 Å². The SMILES string of the molecule is CCC(C)(CC)NS(=O)(=O)c1cccnc1C(N)=S. The van der Waals surface area contributed by atoms with Gasteiger partial charge in [0.1, 0.15) is 15.6 Å². The first-order valence-electron chi connectivity index (χ1n) is 6.04. The third-order valence-corrected chi connectivity index (χ3v) is 5.10. The summed E-state index contributed by atoms with van der Waals surface area (Å²) in [5.74, 6) is 0. The van der Waals surface area contributed by atoms with Gasteiger partial charge in [-0.05, 0) is 31.9 Å². The van der Waals surface area contributed by atoms with E-state index in [1.807, 2.05) is 20.8 Å². The number of hydrogen-bond donors (Lipinski definition) is 2. The van der Waals surface area contributed by atoms with Crippen LogP contribution in [0.2, 0.25) is 0 Å². The average Bonchev–Trinajstić information content (AvgIpc) is 2.38. The van der Waals surface area contributed by atoms with E-state index < -0.39 is 15.6 Å². The molecule has 1 rings (SSSR count). The monoisotopic (exact) mass is 301 g/mol. The summed E-state index contributed by atoms with van der Waals surface area (Å²) in [4.78, 5) is 3.93. The van der Waals surface area contributed by atoms with Crippen molar-refractivity contribution >= 4 is 27.2 Å². The Balaban J connectivity index is 3.25. The lowest BCUT2D eigenvalue weighted by Crippen LogP contribution is -2.45. The number of nitrogens with one attached hydrogen (secondary N) is 1. The molecule has 0 aromatic carbocycles. The average molecular weight is 301 g/mol. The number of nitrogens with zero attached hydrogens (tertiary/aromatic N) is 1. The van der Waals surface area contributed by atoms with Crippen LogP contribution in [0.4, 0.5) is 0 Å². The zero-order chi connectivity index (χ0) is 14.7. The molecule has 7 heteroatoms. The highest BCUT2D eigenvalue weighted by atomic mass is 32.2. The van der Waals surface area contributed by atoms with Crippen LogP contribution in [-0.4, -0.2) is 23.9 Å². The van der Waals surface area contributed by atoms with Gasteiger partial charge in [-0.2, -0.15) is 0 Å². The molecule has 0 saturated heterocycles. The smallest absolute Gasteiger partial charge is 0.243 e. The number of hydrogen-bond acceptors (Lipinski definition) is 4. The van der Waals surface area contributed by atoms with Crippen LogP contribution in [0.15, 0.2) is 23.2 Å². The molecule has 0 aliphatic rings. The van der Waals surface area contributed by atoms with Crippen LogP contribution in [0, 0.1) is 0 Å². The molecule has 19 heavy (non-hydrogen) atoms. The summed E-state index contributed by atoms with van der Waals surface area (Å²) < 4.78 is 27.5. The summed E-state index contributed by atoms with van der Waals surface area (Å²) >= 11 is 4.84. The van der Waals surface area contributed by atoms with Crippen LogP contribution in [0.1, 0.15) is 39.3 Å². The van der Waals surface area contributed by atoms with Gasteiger partial charge in [0.25, 0.3) is 0 Å². The van der Waals surface area contributed by atoms with Crippen molar-refractivity contribution in [2.24, 2.45) is 5.73 Å². The summed E-state index contributed by atoms with van der Waals surface area (Å²) in [6, 6.07) is 3.00. The van der Waals surface area contributed by atoms with Crippen molar-refractivity contribution in [3.63, 3.8) is 0 Å². The van der Waals surface area contributed by atoms with Gasteiger partial charge in [-0.15, -0.1) is 0 Å². The van der Waals surface area contributed by atoms with E-state index in [4.69, 9.17) is 18.0 Å². The first-order chi connectivity index (χ1) is 8.75. The predicted octanol–water partition coefficient (Wildman–Crippen LogP) is 1.57. The van der Waals surface area contributed by atoms with Gasteiger partial charge in [-0.25, -0.2) is 13.1 Å². The molecular formula is C12H19N3O2S2. The zero-order valence-electron chi connectivity index (χ0n) is 11.3. The molecule has 1 aromatic rings. The van der Waals surface area contributed by atoms with Crippen LogP contribution in [0.5, 0.6) is 0 Å². The maximum absolute atomic E-state index is 12.4. The second-order valence-corrected chi connectivity index (χ2v) is 6.68. The van der Waals surface area contributed by atoms with Crippen molar-refractivity contribution in [1.29, 1.82) is 0 Å². The lowest BCUT2D eigenvalue weighted by molar-refractivity contribution is 0.388. The lowest BCUT2D eigenvalue weighted by Gasteiger charge is -2.28. The van der Waals surface area contributed by atoms with Crippen LogP contribution < -0.4 is 10.5 Å². The van der Waals surface area contributed by atoms with Gasteiger partial charge >= 0.3 is 0 Å². The fourth-order valence-corrected chi connectivity index (χ4v) is 3.52. The quantitative estimate of drug-likeness (QED) is 0.779. The van der Waals surface area contributed by atoms with Crippen molar-refractivity contribution in [3.8, 4) is 0 Å². The van der Waals surface area contributed by atoms with E-state index >= 15 is 0 Å². The molecule has 106 valence electrons. The van der Waals surface area contributed by atoms with E-state index in [9.17, 15) is 8.42 Å². The van der Waals surface area contributed by atoms with Crippen LogP contribution in [0.3, 0.4) is 0 Å². The predicted molar refractivity (Wildman–Crippen MR) is 79.4 cm³/mol. The van der Waals surface area contributed by atoms with Gasteiger partial charge in [0, 0.05) is 11.7 Å². The first-order valence-corrected chi connectivity index (χ1v) is 7.93. The Labute approximate surface area is 119 Å². The second kappa shape index (κ2) is 5.94. The molecule has 1 aromatic heterocycles. The minimum absolute atomic E-state index is 0.0237.